The van der Waals surface area contributed by atoms with E-state index >= 15 is 0 Å². The van der Waals surface area contributed by atoms with Crippen LogP contribution in [0.1, 0.15) is 38.2 Å². The van der Waals surface area contributed by atoms with Gasteiger partial charge in [0.25, 0.3) is 0 Å². The van der Waals surface area contributed by atoms with Crippen molar-refractivity contribution in [2.45, 2.75) is 44.8 Å². The topological polar surface area (TPSA) is 59.0 Å². The summed E-state index contributed by atoms with van der Waals surface area (Å²) in [5.41, 5.74) is 1.49. The van der Waals surface area contributed by atoms with E-state index in [0.29, 0.717) is 24.3 Å². The zero-order valence-electron chi connectivity index (χ0n) is 16.8. The molecular formula is C23H31NO4. The number of likely N-dealkylation sites (tertiary alicyclic amines) is 1. The van der Waals surface area contributed by atoms with Crippen LogP contribution in [0.15, 0.2) is 30.5 Å². The lowest BCUT2D eigenvalue weighted by Gasteiger charge is -2.44. The highest BCUT2D eigenvalue weighted by atomic mass is 16.5. The number of Topliss-reactive ketones (excluding diaryl/α,β-unsaturated/α-hetero) is 1. The lowest BCUT2D eigenvalue weighted by atomic mass is 9.72. The molecule has 0 bridgehead atoms. The van der Waals surface area contributed by atoms with Crippen LogP contribution in [0.4, 0.5) is 0 Å². The fourth-order valence-electron chi connectivity index (χ4n) is 5.08. The van der Waals surface area contributed by atoms with Gasteiger partial charge in [-0.25, -0.2) is 0 Å². The van der Waals surface area contributed by atoms with Crippen molar-refractivity contribution in [2.75, 3.05) is 26.7 Å². The number of ether oxygens (including phenoxy) is 2. The van der Waals surface area contributed by atoms with E-state index in [9.17, 15) is 9.90 Å². The summed E-state index contributed by atoms with van der Waals surface area (Å²) < 4.78 is 11.3. The van der Waals surface area contributed by atoms with Crippen molar-refractivity contribution in [1.29, 1.82) is 0 Å². The molecule has 0 aromatic heterocycles. The third kappa shape index (κ3) is 3.83. The van der Waals surface area contributed by atoms with Gasteiger partial charge in [0.1, 0.15) is 11.9 Å². The summed E-state index contributed by atoms with van der Waals surface area (Å²) in [6.45, 7) is 5.25. The minimum absolute atomic E-state index is 0.0123. The Morgan fingerprint density at radius 3 is 2.71 bits per heavy atom. The third-order valence-corrected chi connectivity index (χ3v) is 6.64. The highest BCUT2D eigenvalue weighted by Gasteiger charge is 2.46. The second-order valence-electron chi connectivity index (χ2n) is 8.65. The molecule has 5 heteroatoms. The summed E-state index contributed by atoms with van der Waals surface area (Å²) in [7, 11) is 1.63. The Labute approximate surface area is 167 Å². The molecule has 0 spiro atoms. The van der Waals surface area contributed by atoms with Crippen molar-refractivity contribution < 1.29 is 19.4 Å². The maximum Gasteiger partial charge on any atom is 0.173 e. The molecule has 5 atom stereocenters. The number of hydrogen-bond donors (Lipinski definition) is 1. The first kappa shape index (κ1) is 19.5. The maximum atomic E-state index is 13.2. The second-order valence-corrected chi connectivity index (χ2v) is 8.65. The third-order valence-electron chi connectivity index (χ3n) is 6.64. The Hall–Kier alpha value is -1.85. The molecule has 1 aromatic carbocycles. The van der Waals surface area contributed by atoms with Crippen LogP contribution >= 0.6 is 0 Å². The van der Waals surface area contributed by atoms with Gasteiger partial charge in [0.15, 0.2) is 5.78 Å². The van der Waals surface area contributed by atoms with Crippen molar-refractivity contribution in [3.05, 3.63) is 36.1 Å². The number of benzene rings is 1. The number of aliphatic hydroxyl groups excluding tert-OH is 1. The van der Waals surface area contributed by atoms with Crippen LogP contribution in [-0.2, 0) is 9.53 Å². The number of fused-ring (bicyclic) bond motifs is 1. The number of allylic oxidation sites excluding steroid dienone is 1. The molecule has 3 aliphatic rings. The Balaban J connectivity index is 1.52. The van der Waals surface area contributed by atoms with Crippen LogP contribution in [-0.4, -0.2) is 54.7 Å². The summed E-state index contributed by atoms with van der Waals surface area (Å²) in [6, 6.07) is 7.52. The number of nitrogens with zero attached hydrogens (tertiary/aromatic N) is 1. The van der Waals surface area contributed by atoms with Gasteiger partial charge in [-0.3, -0.25) is 4.79 Å². The first-order valence-electron chi connectivity index (χ1n) is 10.5. The molecule has 152 valence electrons. The average Bonchev–Trinajstić information content (AvgIpc) is 2.71. The van der Waals surface area contributed by atoms with E-state index in [1.165, 1.54) is 12.8 Å². The standard InChI is InChI=1S/C23H31NO4/c1-15-4-3-11-24(12-15)13-19-21(25)10-9-18-22(26)20(14-28-23(18)19)16-5-7-17(27-2)8-6-16/h5-8,14-15,18-19,21,23,25H,3-4,9-13H2,1-2H3. The number of carbonyl (C=O) groups is 1. The molecule has 1 aromatic rings. The average molecular weight is 386 g/mol. The lowest BCUT2D eigenvalue weighted by molar-refractivity contribution is -0.133. The first-order valence-corrected chi connectivity index (χ1v) is 10.5. The lowest BCUT2D eigenvalue weighted by Crippen LogP contribution is -2.52. The summed E-state index contributed by atoms with van der Waals surface area (Å²) >= 11 is 0. The largest absolute Gasteiger partial charge is 0.497 e. The van der Waals surface area contributed by atoms with Crippen molar-refractivity contribution in [3.63, 3.8) is 0 Å². The van der Waals surface area contributed by atoms with Gasteiger partial charge >= 0.3 is 0 Å². The van der Waals surface area contributed by atoms with Crippen LogP contribution in [0.25, 0.3) is 5.57 Å². The van der Waals surface area contributed by atoms with Crippen LogP contribution < -0.4 is 4.74 Å². The summed E-state index contributed by atoms with van der Waals surface area (Å²) in [5, 5.41) is 10.7. The van der Waals surface area contributed by atoms with Crippen LogP contribution in [0.3, 0.4) is 0 Å². The zero-order chi connectivity index (χ0) is 19.7. The van der Waals surface area contributed by atoms with E-state index in [1.54, 1.807) is 13.4 Å². The van der Waals surface area contributed by atoms with Gasteiger partial charge in [0.05, 0.1) is 31.0 Å². The first-order chi connectivity index (χ1) is 13.6. The molecule has 2 heterocycles. The fraction of sp³-hybridized carbons (Fsp3) is 0.609. The fourth-order valence-corrected chi connectivity index (χ4v) is 5.08. The molecule has 5 unspecified atom stereocenters. The number of rotatable bonds is 4. The van der Waals surface area contributed by atoms with Crippen molar-refractivity contribution in [2.24, 2.45) is 17.8 Å². The molecule has 2 fully saturated rings. The van der Waals surface area contributed by atoms with E-state index in [-0.39, 0.29) is 23.7 Å². The van der Waals surface area contributed by atoms with Gasteiger partial charge in [-0.05, 0) is 55.8 Å². The smallest absolute Gasteiger partial charge is 0.173 e. The Morgan fingerprint density at radius 1 is 1.21 bits per heavy atom. The van der Waals surface area contributed by atoms with E-state index < -0.39 is 6.10 Å². The summed E-state index contributed by atoms with van der Waals surface area (Å²) in [4.78, 5) is 15.7. The van der Waals surface area contributed by atoms with E-state index in [0.717, 1.165) is 30.9 Å². The van der Waals surface area contributed by atoms with Crippen molar-refractivity contribution in [1.82, 2.24) is 4.90 Å². The number of piperidine rings is 1. The van der Waals surface area contributed by atoms with Crippen LogP contribution in [0.2, 0.25) is 0 Å². The van der Waals surface area contributed by atoms with Crippen molar-refractivity contribution in [3.8, 4) is 5.75 Å². The summed E-state index contributed by atoms with van der Waals surface area (Å²) in [6.07, 6.45) is 4.83. The molecule has 28 heavy (non-hydrogen) atoms. The molecule has 0 radical (unpaired) electrons. The highest BCUT2D eigenvalue weighted by Crippen LogP contribution is 2.40. The molecule has 1 saturated heterocycles. The van der Waals surface area contributed by atoms with E-state index in [2.05, 4.69) is 11.8 Å². The van der Waals surface area contributed by atoms with Crippen LogP contribution in [0, 0.1) is 17.8 Å². The molecule has 1 N–H and O–H groups in total. The predicted molar refractivity (Wildman–Crippen MR) is 108 cm³/mol. The van der Waals surface area contributed by atoms with Gasteiger partial charge < -0.3 is 19.5 Å². The number of ketones is 1. The number of hydrogen-bond acceptors (Lipinski definition) is 5. The molecule has 2 aliphatic heterocycles. The van der Waals surface area contributed by atoms with Crippen LogP contribution in [0.5, 0.6) is 5.75 Å². The molecule has 0 amide bonds. The normalized spacial score (nSPS) is 33.6. The van der Waals surface area contributed by atoms with Gasteiger partial charge in [-0.15, -0.1) is 0 Å². The second kappa shape index (κ2) is 8.26. The van der Waals surface area contributed by atoms with E-state index in [1.807, 2.05) is 24.3 Å². The monoisotopic (exact) mass is 385 g/mol. The van der Waals surface area contributed by atoms with Gasteiger partial charge in [-0.1, -0.05) is 19.1 Å². The Morgan fingerprint density at radius 2 is 2.00 bits per heavy atom. The molecule has 4 rings (SSSR count). The molecule has 5 nitrogen and oxygen atoms in total. The summed E-state index contributed by atoms with van der Waals surface area (Å²) in [5.74, 6) is 1.42. The van der Waals surface area contributed by atoms with Crippen molar-refractivity contribution >= 4 is 11.4 Å². The molecule has 1 aliphatic carbocycles. The minimum atomic E-state index is -0.401. The van der Waals surface area contributed by atoms with Gasteiger partial charge in [-0.2, -0.15) is 0 Å². The van der Waals surface area contributed by atoms with Gasteiger partial charge in [0.2, 0.25) is 0 Å². The maximum absolute atomic E-state index is 13.2. The zero-order valence-corrected chi connectivity index (χ0v) is 16.8. The predicted octanol–water partition coefficient (Wildman–Crippen LogP) is 3.12. The van der Waals surface area contributed by atoms with E-state index in [4.69, 9.17) is 9.47 Å². The minimum Gasteiger partial charge on any atom is -0.497 e. The molecular weight excluding hydrogens is 354 g/mol. The quantitative estimate of drug-likeness (QED) is 0.863. The van der Waals surface area contributed by atoms with Gasteiger partial charge in [0, 0.05) is 19.0 Å². The molecule has 1 saturated carbocycles. The SMILES string of the molecule is COc1ccc(C2=COC3C(CCC(O)C3CN3CCCC(C)C3)C2=O)cc1. The number of methoxy groups -OCH3 is 1. The number of carbonyl (C=O) groups excluding carboxylic acids is 1. The Bertz CT molecular complexity index is 729. The highest BCUT2D eigenvalue weighted by molar-refractivity contribution is 6.22. The Kier molecular flexibility index (Phi) is 5.74. The number of aliphatic hydroxyl groups is 1.